The van der Waals surface area contributed by atoms with Gasteiger partial charge in [0.2, 0.25) is 0 Å². The molecule has 0 heterocycles. The van der Waals surface area contributed by atoms with E-state index in [1.807, 2.05) is 0 Å². The quantitative estimate of drug-likeness (QED) is 0.554. The maximum atomic E-state index is 10.8. The number of hydrogen-bond donors (Lipinski definition) is 2. The van der Waals surface area contributed by atoms with Crippen LogP contribution in [0.1, 0.15) is 19.3 Å². The van der Waals surface area contributed by atoms with Gasteiger partial charge in [0, 0.05) is 6.42 Å². The van der Waals surface area contributed by atoms with Gasteiger partial charge >= 0.3 is 5.97 Å². The molecule has 1 rings (SSSR count). The minimum absolute atomic E-state index is 0.0174. The first-order valence-corrected chi connectivity index (χ1v) is 3.55. The number of Topliss-reactive ketones (excluding diaryl/α,β-unsaturated/α-hetero) is 1. The first-order valence-electron chi connectivity index (χ1n) is 3.55. The monoisotopic (exact) mass is 158 g/mol. The summed E-state index contributed by atoms with van der Waals surface area (Å²) in [6.45, 7) is 0. The van der Waals surface area contributed by atoms with E-state index in [0.29, 0.717) is 6.42 Å². The van der Waals surface area contributed by atoms with Crippen molar-refractivity contribution < 1.29 is 19.8 Å². The Morgan fingerprint density at radius 3 is 2.55 bits per heavy atom. The van der Waals surface area contributed by atoms with Crippen LogP contribution in [0.5, 0.6) is 0 Å². The Morgan fingerprint density at radius 1 is 1.45 bits per heavy atom. The molecule has 4 nitrogen and oxygen atoms in total. The van der Waals surface area contributed by atoms with E-state index in [1.165, 1.54) is 0 Å². The highest BCUT2D eigenvalue weighted by atomic mass is 16.4. The summed E-state index contributed by atoms with van der Waals surface area (Å²) in [5.41, 5.74) is 0. The van der Waals surface area contributed by atoms with Crippen LogP contribution in [0.4, 0.5) is 0 Å². The Hall–Kier alpha value is -0.900. The molecule has 11 heavy (non-hydrogen) atoms. The second-order valence-electron chi connectivity index (χ2n) is 2.80. The van der Waals surface area contributed by atoms with Gasteiger partial charge < -0.3 is 10.2 Å². The highest BCUT2D eigenvalue weighted by Crippen LogP contribution is 2.21. The topological polar surface area (TPSA) is 74.6 Å². The van der Waals surface area contributed by atoms with Gasteiger partial charge in [0.1, 0.15) is 6.10 Å². The highest BCUT2D eigenvalue weighted by Gasteiger charge is 2.30. The predicted octanol–water partition coefficient (Wildman–Crippen LogP) is -0.199. The van der Waals surface area contributed by atoms with E-state index < -0.39 is 18.0 Å². The second-order valence-corrected chi connectivity index (χ2v) is 2.80. The maximum absolute atomic E-state index is 10.8. The standard InChI is InChI=1S/C7H10O4/c8-5-2-1-4(7(10)11)3-6(5)9/h4-5,8H,1-3H2,(H,10,11)/t4-,5-/m1/s1. The zero-order chi connectivity index (χ0) is 8.43. The summed E-state index contributed by atoms with van der Waals surface area (Å²) in [6.07, 6.45) is -0.250. The molecule has 0 unspecified atom stereocenters. The average Bonchev–Trinajstić information content (AvgIpc) is 1.94. The summed E-state index contributed by atoms with van der Waals surface area (Å²) in [4.78, 5) is 21.2. The molecule has 1 aliphatic rings. The minimum atomic E-state index is -0.940. The van der Waals surface area contributed by atoms with Gasteiger partial charge in [0.15, 0.2) is 5.78 Å². The van der Waals surface area contributed by atoms with Crippen molar-refractivity contribution in [1.29, 1.82) is 0 Å². The van der Waals surface area contributed by atoms with Gasteiger partial charge in [-0.25, -0.2) is 0 Å². The summed E-state index contributed by atoms with van der Waals surface area (Å²) >= 11 is 0. The lowest BCUT2D eigenvalue weighted by atomic mass is 9.87. The molecule has 4 heteroatoms. The Bertz CT molecular complexity index is 187. The smallest absolute Gasteiger partial charge is 0.306 e. The van der Waals surface area contributed by atoms with Crippen LogP contribution in [0.2, 0.25) is 0 Å². The van der Waals surface area contributed by atoms with Crippen LogP contribution in [0.15, 0.2) is 0 Å². The Labute approximate surface area is 63.8 Å². The molecule has 2 atom stereocenters. The first-order chi connectivity index (χ1) is 5.11. The molecule has 1 saturated carbocycles. The molecule has 0 spiro atoms. The van der Waals surface area contributed by atoms with Crippen molar-refractivity contribution >= 4 is 11.8 Å². The molecule has 0 saturated heterocycles. The van der Waals surface area contributed by atoms with E-state index in [4.69, 9.17) is 10.2 Å². The number of ketones is 1. The molecule has 0 aromatic heterocycles. The summed E-state index contributed by atoms with van der Waals surface area (Å²) in [5.74, 6) is -1.86. The molecule has 1 fully saturated rings. The third-order valence-electron chi connectivity index (χ3n) is 1.96. The van der Waals surface area contributed by atoms with Gasteiger partial charge in [-0.1, -0.05) is 0 Å². The van der Waals surface area contributed by atoms with Crippen molar-refractivity contribution in [2.75, 3.05) is 0 Å². The van der Waals surface area contributed by atoms with E-state index in [2.05, 4.69) is 0 Å². The molecule has 0 aromatic rings. The van der Waals surface area contributed by atoms with Gasteiger partial charge in [-0.2, -0.15) is 0 Å². The predicted molar refractivity (Wildman–Crippen MR) is 36.0 cm³/mol. The largest absolute Gasteiger partial charge is 0.481 e. The van der Waals surface area contributed by atoms with Gasteiger partial charge in [-0.3, -0.25) is 9.59 Å². The Kier molecular flexibility index (Phi) is 2.24. The number of hydrogen-bond acceptors (Lipinski definition) is 3. The van der Waals surface area contributed by atoms with E-state index in [-0.39, 0.29) is 18.6 Å². The summed E-state index contributed by atoms with van der Waals surface area (Å²) in [6, 6.07) is 0. The van der Waals surface area contributed by atoms with Crippen LogP contribution in [0.25, 0.3) is 0 Å². The van der Waals surface area contributed by atoms with Gasteiger partial charge in [0.05, 0.1) is 5.92 Å². The van der Waals surface area contributed by atoms with Crippen molar-refractivity contribution in [1.82, 2.24) is 0 Å². The third kappa shape index (κ3) is 1.77. The molecule has 0 radical (unpaired) electrons. The van der Waals surface area contributed by atoms with Crippen LogP contribution in [0.3, 0.4) is 0 Å². The fourth-order valence-electron chi connectivity index (χ4n) is 1.21. The Balaban J connectivity index is 2.53. The van der Waals surface area contributed by atoms with Crippen molar-refractivity contribution in [3.05, 3.63) is 0 Å². The number of carboxylic acid groups (broad SMARTS) is 1. The lowest BCUT2D eigenvalue weighted by Crippen LogP contribution is -2.32. The van der Waals surface area contributed by atoms with Crippen LogP contribution in [-0.2, 0) is 9.59 Å². The van der Waals surface area contributed by atoms with E-state index in [1.54, 1.807) is 0 Å². The van der Waals surface area contributed by atoms with Gasteiger partial charge in [0.25, 0.3) is 0 Å². The average molecular weight is 158 g/mol. The van der Waals surface area contributed by atoms with Crippen LogP contribution in [-0.4, -0.2) is 28.1 Å². The summed E-state index contributed by atoms with van der Waals surface area (Å²) in [7, 11) is 0. The number of carbonyl (C=O) groups is 2. The fraction of sp³-hybridized carbons (Fsp3) is 0.714. The molecule has 2 N–H and O–H groups in total. The molecule has 0 amide bonds. The lowest BCUT2D eigenvalue weighted by Gasteiger charge is -2.20. The second kappa shape index (κ2) is 3.00. The van der Waals surface area contributed by atoms with Crippen LogP contribution in [0, 0.1) is 5.92 Å². The third-order valence-corrected chi connectivity index (χ3v) is 1.96. The van der Waals surface area contributed by atoms with Gasteiger partial charge in [-0.05, 0) is 12.8 Å². The molecular weight excluding hydrogens is 148 g/mol. The summed E-state index contributed by atoms with van der Waals surface area (Å²) in [5, 5.41) is 17.4. The normalized spacial score (nSPS) is 31.9. The number of aliphatic hydroxyl groups excluding tert-OH is 1. The van der Waals surface area contributed by atoms with Crippen molar-refractivity contribution in [2.24, 2.45) is 5.92 Å². The number of aliphatic carboxylic acids is 1. The number of carboxylic acids is 1. The SMILES string of the molecule is O=C(O)[C@@H]1CC[C@@H](O)C(=O)C1. The molecule has 0 bridgehead atoms. The first kappa shape index (κ1) is 8.20. The number of aliphatic hydroxyl groups is 1. The highest BCUT2D eigenvalue weighted by molar-refractivity contribution is 5.88. The van der Waals surface area contributed by atoms with Crippen LogP contribution >= 0.6 is 0 Å². The zero-order valence-electron chi connectivity index (χ0n) is 5.99. The molecule has 0 aliphatic heterocycles. The molecule has 1 aliphatic carbocycles. The maximum Gasteiger partial charge on any atom is 0.306 e. The number of rotatable bonds is 1. The van der Waals surface area contributed by atoms with Crippen molar-refractivity contribution in [3.63, 3.8) is 0 Å². The van der Waals surface area contributed by atoms with Crippen molar-refractivity contribution in [2.45, 2.75) is 25.4 Å². The minimum Gasteiger partial charge on any atom is -0.481 e. The van der Waals surface area contributed by atoms with E-state index >= 15 is 0 Å². The molecule has 0 aromatic carbocycles. The Morgan fingerprint density at radius 2 is 2.09 bits per heavy atom. The van der Waals surface area contributed by atoms with E-state index in [0.717, 1.165) is 0 Å². The molecular formula is C7H10O4. The fourth-order valence-corrected chi connectivity index (χ4v) is 1.21. The molecule has 62 valence electrons. The van der Waals surface area contributed by atoms with Gasteiger partial charge in [-0.15, -0.1) is 0 Å². The van der Waals surface area contributed by atoms with E-state index in [9.17, 15) is 9.59 Å². The lowest BCUT2D eigenvalue weighted by molar-refractivity contribution is -0.147. The van der Waals surface area contributed by atoms with Crippen molar-refractivity contribution in [3.8, 4) is 0 Å². The van der Waals surface area contributed by atoms with Crippen LogP contribution < -0.4 is 0 Å². The zero-order valence-corrected chi connectivity index (χ0v) is 5.99. The number of carbonyl (C=O) groups excluding carboxylic acids is 1. The summed E-state index contributed by atoms with van der Waals surface area (Å²) < 4.78 is 0.